The molecule has 0 spiro atoms. The van der Waals surface area contributed by atoms with Crippen molar-refractivity contribution in [3.05, 3.63) is 77.6 Å². The largest absolute Gasteiger partial charge is 0.292 e. The molecule has 2 aromatic carbocycles. The number of fused-ring (bicyclic) bond motifs is 1. The fourth-order valence-electron chi connectivity index (χ4n) is 2.89. The van der Waals surface area contributed by atoms with Crippen molar-refractivity contribution in [1.29, 1.82) is 0 Å². The van der Waals surface area contributed by atoms with Gasteiger partial charge in [-0.25, -0.2) is 12.8 Å². The third-order valence-electron chi connectivity index (χ3n) is 4.15. The van der Waals surface area contributed by atoms with Crippen molar-refractivity contribution >= 4 is 15.8 Å². The molecule has 1 N–H and O–H groups in total. The molecule has 4 nitrogen and oxygen atoms in total. The average molecular weight is 345 g/mol. The molecule has 0 aliphatic heterocycles. The summed E-state index contributed by atoms with van der Waals surface area (Å²) in [5.74, 6) is -1.47. The van der Waals surface area contributed by atoms with Gasteiger partial charge < -0.3 is 0 Å². The van der Waals surface area contributed by atoms with E-state index in [1.165, 1.54) is 36.4 Å². The minimum Gasteiger partial charge on any atom is -0.292 e. The van der Waals surface area contributed by atoms with E-state index in [1.807, 2.05) is 6.92 Å². The van der Waals surface area contributed by atoms with Crippen LogP contribution in [0.1, 0.15) is 27.4 Å². The molecule has 2 aromatic rings. The molecule has 2 atom stereocenters. The molecular weight excluding hydrogens is 329 g/mol. The fourth-order valence-corrected chi connectivity index (χ4v) is 4.10. The lowest BCUT2D eigenvalue weighted by Crippen LogP contribution is -2.40. The van der Waals surface area contributed by atoms with Crippen LogP contribution in [0.2, 0.25) is 0 Å². The van der Waals surface area contributed by atoms with Crippen LogP contribution >= 0.6 is 0 Å². The molecule has 6 heteroatoms. The molecule has 0 saturated carbocycles. The van der Waals surface area contributed by atoms with Gasteiger partial charge in [-0.2, -0.15) is 4.72 Å². The summed E-state index contributed by atoms with van der Waals surface area (Å²) < 4.78 is 41.0. The molecule has 1 aliphatic carbocycles. The van der Waals surface area contributed by atoms with Crippen LogP contribution in [0.3, 0.4) is 0 Å². The van der Waals surface area contributed by atoms with Crippen LogP contribution in [-0.4, -0.2) is 20.2 Å². The quantitative estimate of drug-likeness (QED) is 0.867. The van der Waals surface area contributed by atoms with Gasteiger partial charge in [0, 0.05) is 11.5 Å². The summed E-state index contributed by atoms with van der Waals surface area (Å²) >= 11 is 0. The minimum atomic E-state index is -3.88. The summed E-state index contributed by atoms with van der Waals surface area (Å²) in [6.07, 6.45) is 1.46. The van der Waals surface area contributed by atoms with E-state index >= 15 is 0 Å². The van der Waals surface area contributed by atoms with Crippen molar-refractivity contribution in [2.45, 2.75) is 23.8 Å². The smallest absolute Gasteiger partial charge is 0.241 e. The number of carbonyl (C=O) groups is 1. The van der Waals surface area contributed by atoms with Gasteiger partial charge in [-0.05, 0) is 42.8 Å². The van der Waals surface area contributed by atoms with E-state index in [9.17, 15) is 17.6 Å². The van der Waals surface area contributed by atoms with Crippen LogP contribution in [0, 0.1) is 12.7 Å². The van der Waals surface area contributed by atoms with Crippen LogP contribution in [0.15, 0.2) is 60.0 Å². The highest BCUT2D eigenvalue weighted by atomic mass is 32.2. The third kappa shape index (κ3) is 2.79. The number of carbonyl (C=O) groups excluding carboxylic acids is 1. The molecule has 124 valence electrons. The first kappa shape index (κ1) is 16.5. The summed E-state index contributed by atoms with van der Waals surface area (Å²) in [5.41, 5.74) is 1.70. The summed E-state index contributed by atoms with van der Waals surface area (Å²) in [6, 6.07) is 9.11. The second kappa shape index (κ2) is 5.96. The number of halogens is 1. The predicted molar refractivity (Wildman–Crippen MR) is 89.0 cm³/mol. The predicted octanol–water partition coefficient (Wildman–Crippen LogP) is 2.95. The number of benzene rings is 2. The number of nitrogens with one attached hydrogen (secondary N) is 1. The first-order chi connectivity index (χ1) is 11.3. The highest BCUT2D eigenvalue weighted by molar-refractivity contribution is 7.89. The molecule has 1 aliphatic rings. The normalized spacial score (nSPS) is 20.0. The number of ketones is 1. The number of hydrogen-bond acceptors (Lipinski definition) is 3. The second-order valence-electron chi connectivity index (χ2n) is 5.77. The first-order valence-electron chi connectivity index (χ1n) is 7.39. The first-order valence-corrected chi connectivity index (χ1v) is 8.87. The lowest BCUT2D eigenvalue weighted by atomic mass is 9.99. The summed E-state index contributed by atoms with van der Waals surface area (Å²) in [4.78, 5) is 12.6. The maximum absolute atomic E-state index is 13.5. The molecule has 3 rings (SSSR count). The number of hydrogen-bond donors (Lipinski definition) is 1. The van der Waals surface area contributed by atoms with Crippen molar-refractivity contribution in [3.8, 4) is 0 Å². The minimum absolute atomic E-state index is 0.0749. The van der Waals surface area contributed by atoms with Crippen molar-refractivity contribution in [2.75, 3.05) is 0 Å². The van der Waals surface area contributed by atoms with E-state index in [1.54, 1.807) is 12.1 Å². The molecule has 24 heavy (non-hydrogen) atoms. The van der Waals surface area contributed by atoms with Gasteiger partial charge in [-0.15, -0.1) is 6.58 Å². The Morgan fingerprint density at radius 1 is 1.17 bits per heavy atom. The number of sulfonamides is 1. The van der Waals surface area contributed by atoms with E-state index < -0.39 is 27.8 Å². The average Bonchev–Trinajstić information content (AvgIpc) is 2.78. The van der Waals surface area contributed by atoms with Gasteiger partial charge in [-0.1, -0.05) is 23.8 Å². The second-order valence-corrected chi connectivity index (χ2v) is 7.48. The zero-order chi connectivity index (χ0) is 17.5. The monoisotopic (exact) mass is 345 g/mol. The van der Waals surface area contributed by atoms with Gasteiger partial charge >= 0.3 is 0 Å². The van der Waals surface area contributed by atoms with Gasteiger partial charge in [-0.3, -0.25) is 4.79 Å². The van der Waals surface area contributed by atoms with Crippen LogP contribution < -0.4 is 4.72 Å². The van der Waals surface area contributed by atoms with E-state index in [0.717, 1.165) is 5.56 Å². The van der Waals surface area contributed by atoms with Crippen LogP contribution in [0.25, 0.3) is 0 Å². The van der Waals surface area contributed by atoms with Gasteiger partial charge in [0.05, 0.1) is 10.9 Å². The fraction of sp³-hybridized carbons (Fsp3) is 0.167. The van der Waals surface area contributed by atoms with Crippen molar-refractivity contribution in [1.82, 2.24) is 4.72 Å². The summed E-state index contributed by atoms with van der Waals surface area (Å²) in [6.45, 7) is 5.51. The SMILES string of the molecule is C=C[C@@H]1c2cc(F)ccc2C(=O)[C@H]1NS(=O)(=O)c1ccc(C)cc1. The van der Waals surface area contributed by atoms with E-state index in [0.29, 0.717) is 11.1 Å². The number of rotatable bonds is 4. The standard InChI is InChI=1S/C18H16FNO3S/c1-3-14-16-10-12(19)6-9-15(16)18(21)17(14)20-24(22,23)13-7-4-11(2)5-8-13/h3-10,14,17,20H,1H2,2H3/t14-,17+/m1/s1. The third-order valence-corrected chi connectivity index (χ3v) is 5.60. The van der Waals surface area contributed by atoms with Crippen LogP contribution in [0.4, 0.5) is 4.39 Å². The maximum Gasteiger partial charge on any atom is 0.241 e. The zero-order valence-corrected chi connectivity index (χ0v) is 13.8. The highest BCUT2D eigenvalue weighted by Crippen LogP contribution is 2.35. The zero-order valence-electron chi connectivity index (χ0n) is 13.0. The molecule has 0 fully saturated rings. The lowest BCUT2D eigenvalue weighted by molar-refractivity contribution is 0.0963. The van der Waals surface area contributed by atoms with Crippen molar-refractivity contribution in [2.24, 2.45) is 0 Å². The van der Waals surface area contributed by atoms with Crippen LogP contribution in [0.5, 0.6) is 0 Å². The Morgan fingerprint density at radius 2 is 1.83 bits per heavy atom. The molecular formula is C18H16FNO3S. The van der Waals surface area contributed by atoms with E-state index in [4.69, 9.17) is 0 Å². The van der Waals surface area contributed by atoms with Crippen molar-refractivity contribution < 1.29 is 17.6 Å². The van der Waals surface area contributed by atoms with Crippen molar-refractivity contribution in [3.63, 3.8) is 0 Å². The van der Waals surface area contributed by atoms with Crippen LogP contribution in [-0.2, 0) is 10.0 Å². The summed E-state index contributed by atoms with van der Waals surface area (Å²) in [7, 11) is -3.88. The van der Waals surface area contributed by atoms with Gasteiger partial charge in [0.2, 0.25) is 10.0 Å². The van der Waals surface area contributed by atoms with Gasteiger partial charge in [0.1, 0.15) is 5.82 Å². The Hall–Kier alpha value is -2.31. The Labute approximate surface area is 140 Å². The maximum atomic E-state index is 13.5. The lowest BCUT2D eigenvalue weighted by Gasteiger charge is -2.17. The Kier molecular flexibility index (Phi) is 4.11. The molecule has 0 radical (unpaired) electrons. The molecule has 0 saturated heterocycles. The molecule has 0 heterocycles. The Bertz CT molecular complexity index is 920. The van der Waals surface area contributed by atoms with Gasteiger partial charge in [0.25, 0.3) is 0 Å². The Balaban J connectivity index is 1.97. The van der Waals surface area contributed by atoms with E-state index in [2.05, 4.69) is 11.3 Å². The Morgan fingerprint density at radius 3 is 2.46 bits per heavy atom. The number of Topliss-reactive ketones (excluding diaryl/α,β-unsaturated/α-hetero) is 1. The highest BCUT2D eigenvalue weighted by Gasteiger charge is 2.40. The van der Waals surface area contributed by atoms with Gasteiger partial charge in [0.15, 0.2) is 5.78 Å². The topological polar surface area (TPSA) is 63.2 Å². The summed E-state index contributed by atoms with van der Waals surface area (Å²) in [5, 5.41) is 0. The molecule has 0 amide bonds. The number of aryl methyl sites for hydroxylation is 1. The molecule has 0 bridgehead atoms. The van der Waals surface area contributed by atoms with E-state index in [-0.39, 0.29) is 10.7 Å². The molecule has 0 aromatic heterocycles. The molecule has 0 unspecified atom stereocenters.